The predicted octanol–water partition coefficient (Wildman–Crippen LogP) is 4.03. The number of nitrogens with one attached hydrogen (secondary N) is 2. The highest BCUT2D eigenvalue weighted by Gasteiger charge is 2.39. The number of amides is 5. The number of carboxylic acids is 1. The molecule has 0 bridgehead atoms. The number of nitrogens with two attached hydrogens (primary N) is 1. The fraction of sp³-hybridized carbons (Fsp3) is 0.419. The Bertz CT molecular complexity index is 2120. The van der Waals surface area contributed by atoms with Crippen molar-refractivity contribution in [3.63, 3.8) is 0 Å². The lowest BCUT2D eigenvalue weighted by molar-refractivity contribution is -0.192. The lowest BCUT2D eigenvalue weighted by atomic mass is 9.82. The first-order valence-electron chi connectivity index (χ1n) is 19.8. The summed E-state index contributed by atoms with van der Waals surface area (Å²) in [7, 11) is 0. The smallest absolute Gasteiger partial charge is 0.475 e. The number of halogens is 5. The third-order valence-corrected chi connectivity index (χ3v) is 9.57. The Morgan fingerprint density at radius 1 is 0.873 bits per heavy atom. The van der Waals surface area contributed by atoms with Crippen molar-refractivity contribution in [1.29, 1.82) is 0 Å². The van der Waals surface area contributed by atoms with Crippen molar-refractivity contribution in [3.8, 4) is 11.1 Å². The zero-order valence-corrected chi connectivity index (χ0v) is 34.9. The molecule has 15 nitrogen and oxygen atoms in total. The van der Waals surface area contributed by atoms with Crippen LogP contribution in [0.25, 0.3) is 11.1 Å². The maximum Gasteiger partial charge on any atom is 0.490 e. The molecule has 0 radical (unpaired) electrons. The summed E-state index contributed by atoms with van der Waals surface area (Å²) in [6, 6.07) is 13.3. The van der Waals surface area contributed by atoms with Gasteiger partial charge >= 0.3 is 12.1 Å². The first kappa shape index (κ1) is 51.1. The van der Waals surface area contributed by atoms with E-state index in [4.69, 9.17) is 15.6 Å². The van der Waals surface area contributed by atoms with Gasteiger partial charge in [-0.3, -0.25) is 33.7 Å². The van der Waals surface area contributed by atoms with Gasteiger partial charge in [-0.2, -0.15) is 13.2 Å². The van der Waals surface area contributed by atoms with Crippen LogP contribution in [0.15, 0.2) is 72.9 Å². The molecule has 0 unspecified atom stereocenters. The third-order valence-electron chi connectivity index (χ3n) is 9.57. The second-order valence-corrected chi connectivity index (χ2v) is 15.6. The van der Waals surface area contributed by atoms with Crippen molar-refractivity contribution in [3.05, 3.63) is 95.8 Å². The largest absolute Gasteiger partial charge is 0.490 e. The lowest BCUT2D eigenvalue weighted by Gasteiger charge is -2.41. The molecule has 0 fully saturated rings. The molecule has 6 N–H and O–H groups in total. The number of Topliss-reactive ketones (excluding diaryl/α,β-unsaturated/α-hetero) is 1. The van der Waals surface area contributed by atoms with E-state index in [1.165, 1.54) is 4.90 Å². The first-order valence-corrected chi connectivity index (χ1v) is 19.8. The van der Waals surface area contributed by atoms with Crippen LogP contribution in [0, 0.1) is 17.0 Å². The highest BCUT2D eigenvalue weighted by atomic mass is 19.4. The number of hydrogen-bond donors (Lipinski definition) is 5. The molecular weight excluding hydrogens is 839 g/mol. The van der Waals surface area contributed by atoms with Gasteiger partial charge < -0.3 is 36.0 Å². The molecule has 342 valence electrons. The number of nitrogens with zero attached hydrogens (tertiary/aromatic N) is 3. The zero-order chi connectivity index (χ0) is 47.1. The van der Waals surface area contributed by atoms with Crippen molar-refractivity contribution >= 4 is 41.3 Å². The van der Waals surface area contributed by atoms with Gasteiger partial charge in [-0.05, 0) is 48.1 Å². The Morgan fingerprint density at radius 3 is 2.10 bits per heavy atom. The number of alkyl halides is 3. The third kappa shape index (κ3) is 16.2. The fourth-order valence-electron chi connectivity index (χ4n) is 6.52. The number of benzene rings is 2. The van der Waals surface area contributed by atoms with Crippen LogP contribution in [-0.4, -0.2) is 111 Å². The number of carbonyl (C=O) groups is 7. The van der Waals surface area contributed by atoms with Crippen molar-refractivity contribution < 1.29 is 65.7 Å². The summed E-state index contributed by atoms with van der Waals surface area (Å²) >= 11 is 0. The number of carboxylic acid groups (broad SMARTS) is 1. The monoisotopic (exact) mass is 890 g/mol. The summed E-state index contributed by atoms with van der Waals surface area (Å²) in [6.07, 6.45) is -0.599. The zero-order valence-electron chi connectivity index (χ0n) is 34.9. The number of carbonyl (C=O) groups excluding carboxylic acids is 6. The lowest BCUT2D eigenvalue weighted by Crippen LogP contribution is -2.46. The van der Waals surface area contributed by atoms with Gasteiger partial charge in [-0.25, -0.2) is 13.6 Å². The first-order chi connectivity index (χ1) is 29.5. The fourth-order valence-corrected chi connectivity index (χ4v) is 6.52. The molecule has 1 aromatic heterocycles. The Labute approximate surface area is 360 Å². The van der Waals surface area contributed by atoms with Gasteiger partial charge in [-0.15, -0.1) is 0 Å². The van der Waals surface area contributed by atoms with Gasteiger partial charge in [0.05, 0.1) is 6.04 Å². The number of hydrogen-bond acceptors (Lipinski definition) is 9. The Morgan fingerprint density at radius 2 is 1.51 bits per heavy atom. The molecule has 2 aromatic carbocycles. The van der Waals surface area contributed by atoms with Gasteiger partial charge in [0, 0.05) is 86.7 Å². The standard InChI is InChI=1S/C41H50F2N6O7.C2HF3O2/c1-41(2,3)40(34-20-28(32-21-29(42)11-13-33(32)43)24-47(34)23-27-8-5-4-6-9-27)48(39(56)26-50)19-17-30(44)22-46-35(52)14-12-31(51)10-7-18-45-36(53)25-49-37(54)15-16-38(49)55;3-2(4,5)1(6)7/h4-6,8-9,11,13,15-16,20-21,24,30,40,50H,7,10,12,14,17-19,22-23,25-26,44H2,1-3H3,(H,45,53)(H,46,52);(H,6,7)/t30-,40-;/m0./s1. The number of ketones is 1. The van der Waals surface area contributed by atoms with E-state index in [2.05, 4.69) is 10.6 Å². The highest BCUT2D eigenvalue weighted by molar-refractivity contribution is 6.14. The number of aliphatic hydroxyl groups is 1. The van der Waals surface area contributed by atoms with Gasteiger partial charge in [0.15, 0.2) is 0 Å². The van der Waals surface area contributed by atoms with Crippen LogP contribution in [-0.2, 0) is 40.1 Å². The van der Waals surface area contributed by atoms with Crippen molar-refractivity contribution in [2.24, 2.45) is 11.1 Å². The molecule has 1 aliphatic heterocycles. The van der Waals surface area contributed by atoms with Crippen LogP contribution in [0.1, 0.15) is 70.2 Å². The van der Waals surface area contributed by atoms with Crippen LogP contribution in [0.3, 0.4) is 0 Å². The summed E-state index contributed by atoms with van der Waals surface area (Å²) in [5, 5.41) is 22.5. The predicted molar refractivity (Wildman–Crippen MR) is 218 cm³/mol. The summed E-state index contributed by atoms with van der Waals surface area (Å²) in [6.45, 7) is 5.33. The minimum Gasteiger partial charge on any atom is -0.475 e. The molecule has 2 atom stereocenters. The molecule has 5 amide bonds. The average Bonchev–Trinajstić information content (AvgIpc) is 3.77. The molecule has 0 aliphatic carbocycles. The Balaban J connectivity index is 0.00000139. The number of aliphatic carboxylic acids is 1. The van der Waals surface area contributed by atoms with Gasteiger partial charge in [0.2, 0.25) is 17.7 Å². The van der Waals surface area contributed by atoms with Crippen LogP contribution in [0.5, 0.6) is 0 Å². The van der Waals surface area contributed by atoms with Crippen molar-refractivity contribution in [2.45, 2.75) is 77.7 Å². The molecule has 2 heterocycles. The van der Waals surface area contributed by atoms with E-state index in [1.54, 1.807) is 12.3 Å². The van der Waals surface area contributed by atoms with E-state index in [1.807, 2.05) is 55.7 Å². The van der Waals surface area contributed by atoms with E-state index in [-0.39, 0.29) is 62.6 Å². The van der Waals surface area contributed by atoms with Crippen LogP contribution < -0.4 is 16.4 Å². The number of imide groups is 1. The van der Waals surface area contributed by atoms with Gasteiger partial charge in [0.1, 0.15) is 30.6 Å². The maximum atomic E-state index is 15.0. The van der Waals surface area contributed by atoms with Crippen molar-refractivity contribution in [2.75, 3.05) is 32.8 Å². The molecule has 0 spiro atoms. The van der Waals surface area contributed by atoms with Crippen LogP contribution in [0.4, 0.5) is 22.0 Å². The molecule has 20 heteroatoms. The summed E-state index contributed by atoms with van der Waals surface area (Å²) in [4.78, 5) is 84.8. The number of aliphatic hydroxyl groups excluding tert-OH is 1. The molecule has 1 aliphatic rings. The quantitative estimate of drug-likeness (QED) is 0.0623. The minimum absolute atomic E-state index is 0.0202. The van der Waals surface area contributed by atoms with Gasteiger partial charge in [-0.1, -0.05) is 51.1 Å². The van der Waals surface area contributed by atoms with E-state index < -0.39 is 78.1 Å². The van der Waals surface area contributed by atoms with E-state index in [0.717, 1.165) is 40.8 Å². The molecule has 63 heavy (non-hydrogen) atoms. The Hall–Kier alpha value is -6.28. The summed E-state index contributed by atoms with van der Waals surface area (Å²) < 4.78 is 62.9. The van der Waals surface area contributed by atoms with E-state index in [0.29, 0.717) is 24.2 Å². The van der Waals surface area contributed by atoms with Gasteiger partial charge in [0.25, 0.3) is 11.8 Å². The molecular formula is C43H51F5N6O9. The highest BCUT2D eigenvalue weighted by Crippen LogP contribution is 2.41. The van der Waals surface area contributed by atoms with Crippen LogP contribution >= 0.6 is 0 Å². The van der Waals surface area contributed by atoms with E-state index >= 15 is 4.39 Å². The Kier molecular flexibility index (Phi) is 18.8. The topological polar surface area (TPSA) is 221 Å². The molecule has 4 rings (SSSR count). The molecule has 3 aromatic rings. The molecule has 0 saturated heterocycles. The summed E-state index contributed by atoms with van der Waals surface area (Å²) in [5.41, 5.74) is 7.85. The second kappa shape index (κ2) is 23.2. The average molecular weight is 891 g/mol. The van der Waals surface area contributed by atoms with Crippen molar-refractivity contribution in [1.82, 2.24) is 25.0 Å². The number of aromatic nitrogens is 1. The normalized spacial score (nSPS) is 13.5. The van der Waals surface area contributed by atoms with E-state index in [9.17, 15) is 51.4 Å². The summed E-state index contributed by atoms with van der Waals surface area (Å²) in [5.74, 6) is -6.73. The minimum atomic E-state index is -5.08. The molecule has 0 saturated carbocycles. The second-order valence-electron chi connectivity index (χ2n) is 15.6. The SMILES string of the molecule is CC(C)(C)[C@H](c1cc(-c2cc(F)ccc2F)cn1Cc1ccccc1)N(CC[C@H](N)CNC(=O)CCC(=O)CCCNC(=O)CN1C(=O)C=CC1=O)C(=O)CO.O=C(O)C(F)(F)F. The van der Waals surface area contributed by atoms with Crippen LogP contribution in [0.2, 0.25) is 0 Å². The maximum absolute atomic E-state index is 15.0. The number of rotatable bonds is 20.